The number of hydrogen-bond acceptors (Lipinski definition) is 6. The minimum absolute atomic E-state index is 0.254. The van der Waals surface area contributed by atoms with Gasteiger partial charge in [-0.15, -0.1) is 0 Å². The molecule has 3 aliphatic rings. The lowest BCUT2D eigenvalue weighted by Gasteiger charge is -2.47. The SMILES string of the molecule is CC(C)(O)C(C)(C)OBc1cccc2c1C1(c3ccccc3O2)c2ccccc2Oc2cccc(B3OC(C)(C)C(C)(C)O3)c21. The Labute approximate surface area is 267 Å². The van der Waals surface area contributed by atoms with Gasteiger partial charge in [-0.1, -0.05) is 60.7 Å². The van der Waals surface area contributed by atoms with Crippen LogP contribution in [0.25, 0.3) is 0 Å². The monoisotopic (exact) mass is 602 g/mol. The Morgan fingerprint density at radius 1 is 0.644 bits per heavy atom. The van der Waals surface area contributed by atoms with Crippen LogP contribution in [0.5, 0.6) is 23.0 Å². The number of aliphatic hydroxyl groups is 1. The summed E-state index contributed by atoms with van der Waals surface area (Å²) >= 11 is 0. The second-order valence-electron chi connectivity index (χ2n) is 14.4. The maximum atomic E-state index is 10.9. The number of hydrogen-bond donors (Lipinski definition) is 1. The number of ether oxygens (including phenoxy) is 2. The minimum atomic E-state index is -1.07. The van der Waals surface area contributed by atoms with Crippen molar-refractivity contribution in [3.05, 3.63) is 107 Å². The first kappa shape index (κ1) is 30.1. The molecule has 1 unspecified atom stereocenters. The van der Waals surface area contributed by atoms with E-state index in [1.807, 2.05) is 62.4 Å². The molecule has 3 heterocycles. The fourth-order valence-electron chi connectivity index (χ4n) is 6.62. The quantitative estimate of drug-likeness (QED) is 0.240. The molecule has 8 heteroatoms. The summed E-state index contributed by atoms with van der Waals surface area (Å²) in [5.74, 6) is 3.01. The summed E-state index contributed by atoms with van der Waals surface area (Å²) in [5, 5.41) is 10.9. The lowest BCUT2D eigenvalue weighted by Crippen LogP contribution is -2.51. The Kier molecular flexibility index (Phi) is 6.68. The third kappa shape index (κ3) is 4.41. The second-order valence-corrected chi connectivity index (χ2v) is 14.4. The van der Waals surface area contributed by atoms with E-state index in [1.54, 1.807) is 13.8 Å². The highest BCUT2D eigenvalue weighted by atomic mass is 16.7. The maximum absolute atomic E-state index is 10.9. The molecule has 0 amide bonds. The highest BCUT2D eigenvalue weighted by Crippen LogP contribution is 2.60. The van der Waals surface area contributed by atoms with Crippen LogP contribution in [0.15, 0.2) is 84.9 Å². The van der Waals surface area contributed by atoms with Gasteiger partial charge < -0.3 is 28.5 Å². The maximum Gasteiger partial charge on any atom is 0.495 e. The molecule has 0 aromatic heterocycles. The highest BCUT2D eigenvalue weighted by molar-refractivity contribution is 6.63. The molecule has 1 spiro atoms. The van der Waals surface area contributed by atoms with E-state index < -0.39 is 34.9 Å². The summed E-state index contributed by atoms with van der Waals surface area (Å²) in [6.07, 6.45) is 0. The van der Waals surface area contributed by atoms with Gasteiger partial charge in [0.2, 0.25) is 0 Å². The third-order valence-corrected chi connectivity index (χ3v) is 10.5. The van der Waals surface area contributed by atoms with Crippen LogP contribution in [0.4, 0.5) is 0 Å². The van der Waals surface area contributed by atoms with Gasteiger partial charge >= 0.3 is 14.6 Å². The van der Waals surface area contributed by atoms with E-state index in [1.165, 1.54) is 0 Å². The molecular weight excluding hydrogens is 562 g/mol. The predicted octanol–water partition coefficient (Wildman–Crippen LogP) is 6.12. The van der Waals surface area contributed by atoms with E-state index in [2.05, 4.69) is 64.1 Å². The fourth-order valence-corrected chi connectivity index (χ4v) is 6.62. The average molecular weight is 602 g/mol. The molecule has 1 atom stereocenters. The summed E-state index contributed by atoms with van der Waals surface area (Å²) in [6, 6.07) is 28.7. The Balaban J connectivity index is 1.56. The van der Waals surface area contributed by atoms with Gasteiger partial charge in [-0.05, 0) is 90.6 Å². The van der Waals surface area contributed by atoms with Gasteiger partial charge in [0.25, 0.3) is 0 Å². The molecule has 1 saturated heterocycles. The number of fused-ring (bicyclic) bond motifs is 8. The number of benzene rings is 4. The summed E-state index contributed by atoms with van der Waals surface area (Å²) in [4.78, 5) is 0. The van der Waals surface area contributed by atoms with Crippen LogP contribution in [0, 0.1) is 0 Å². The van der Waals surface area contributed by atoms with E-state index in [0.717, 1.165) is 56.2 Å². The van der Waals surface area contributed by atoms with E-state index in [-0.39, 0.29) is 7.48 Å². The molecule has 1 N–H and O–H groups in total. The predicted molar refractivity (Wildman–Crippen MR) is 179 cm³/mol. The summed E-state index contributed by atoms with van der Waals surface area (Å²) in [6.45, 7) is 15.7. The lowest BCUT2D eigenvalue weighted by atomic mass is 9.55. The smallest absolute Gasteiger partial charge is 0.457 e. The van der Waals surface area contributed by atoms with E-state index in [9.17, 15) is 5.11 Å². The van der Waals surface area contributed by atoms with E-state index >= 15 is 0 Å². The Morgan fingerprint density at radius 2 is 1.13 bits per heavy atom. The first-order valence-electron chi connectivity index (χ1n) is 15.7. The topological polar surface area (TPSA) is 66.4 Å². The van der Waals surface area contributed by atoms with Crippen LogP contribution >= 0.6 is 0 Å². The van der Waals surface area contributed by atoms with Crippen molar-refractivity contribution in [3.8, 4) is 23.0 Å². The van der Waals surface area contributed by atoms with Gasteiger partial charge in [0.05, 0.1) is 27.8 Å². The molecule has 3 aliphatic heterocycles. The molecule has 7 rings (SSSR count). The molecule has 6 nitrogen and oxygen atoms in total. The normalized spacial score (nSPS) is 20.8. The fraction of sp³-hybridized carbons (Fsp3) is 0.351. The number of para-hydroxylation sites is 2. The molecule has 1 fully saturated rings. The summed E-state index contributed by atoms with van der Waals surface area (Å²) in [7, 11) is -0.378. The average Bonchev–Trinajstić information content (AvgIpc) is 3.21. The van der Waals surface area contributed by atoms with Crippen molar-refractivity contribution in [1.29, 1.82) is 0 Å². The first-order chi connectivity index (χ1) is 21.2. The molecular formula is C37H40B2O6. The molecule has 0 bridgehead atoms. The van der Waals surface area contributed by atoms with Gasteiger partial charge in [-0.2, -0.15) is 0 Å². The zero-order chi connectivity index (χ0) is 32.0. The van der Waals surface area contributed by atoms with Crippen LogP contribution in [0.1, 0.15) is 77.6 Å². The Hall–Kier alpha value is -3.55. The Bertz CT molecular complexity index is 1750. The van der Waals surface area contributed by atoms with Crippen molar-refractivity contribution in [1.82, 2.24) is 0 Å². The van der Waals surface area contributed by atoms with Crippen LogP contribution < -0.4 is 20.4 Å². The summed E-state index contributed by atoms with van der Waals surface area (Å²) in [5.41, 5.74) is 1.93. The zero-order valence-corrected chi connectivity index (χ0v) is 27.4. The first-order valence-corrected chi connectivity index (χ1v) is 15.7. The van der Waals surface area contributed by atoms with Crippen molar-refractivity contribution >= 4 is 25.5 Å². The van der Waals surface area contributed by atoms with Crippen LogP contribution in [0.3, 0.4) is 0 Å². The second kappa shape index (κ2) is 9.97. The minimum Gasteiger partial charge on any atom is -0.457 e. The lowest BCUT2D eigenvalue weighted by molar-refractivity contribution is -0.0893. The van der Waals surface area contributed by atoms with Crippen molar-refractivity contribution < 1.29 is 28.5 Å². The van der Waals surface area contributed by atoms with Gasteiger partial charge in [0.1, 0.15) is 23.0 Å². The van der Waals surface area contributed by atoms with Gasteiger partial charge in [-0.3, -0.25) is 0 Å². The van der Waals surface area contributed by atoms with Crippen LogP contribution in [-0.2, 0) is 19.4 Å². The van der Waals surface area contributed by atoms with E-state index in [0.29, 0.717) is 0 Å². The zero-order valence-electron chi connectivity index (χ0n) is 27.4. The number of rotatable bonds is 5. The van der Waals surface area contributed by atoms with Crippen LogP contribution in [-0.4, -0.2) is 42.1 Å². The van der Waals surface area contributed by atoms with Crippen molar-refractivity contribution in [3.63, 3.8) is 0 Å². The molecule has 0 aliphatic carbocycles. The van der Waals surface area contributed by atoms with Crippen molar-refractivity contribution in [2.24, 2.45) is 0 Å². The molecule has 230 valence electrons. The van der Waals surface area contributed by atoms with Crippen LogP contribution in [0.2, 0.25) is 0 Å². The van der Waals surface area contributed by atoms with Gasteiger partial charge in [-0.25, -0.2) is 0 Å². The molecule has 4 aromatic rings. The van der Waals surface area contributed by atoms with Gasteiger partial charge in [0, 0.05) is 22.3 Å². The Morgan fingerprint density at radius 3 is 1.69 bits per heavy atom. The standard InChI is InChI=1S/C37H40B2O6/c1-33(2,40)34(3,4)43-38-25-17-13-21-29-31(25)37(23-15-9-11-19-27(23)41-29)24-16-10-12-20-28(24)42-30-22-14-18-26(32(30)37)39-44-35(5,6)36(7,8)45-39/h9-22,38,40H,1-8H3. The summed E-state index contributed by atoms with van der Waals surface area (Å²) < 4.78 is 33.4. The van der Waals surface area contributed by atoms with Crippen molar-refractivity contribution in [2.75, 3.05) is 0 Å². The van der Waals surface area contributed by atoms with Crippen molar-refractivity contribution in [2.45, 2.75) is 83.2 Å². The van der Waals surface area contributed by atoms with E-state index in [4.69, 9.17) is 23.4 Å². The highest BCUT2D eigenvalue weighted by Gasteiger charge is 2.57. The molecule has 0 saturated carbocycles. The molecule has 4 aromatic carbocycles. The largest absolute Gasteiger partial charge is 0.495 e. The van der Waals surface area contributed by atoms with Gasteiger partial charge in [0.15, 0.2) is 0 Å². The third-order valence-electron chi connectivity index (χ3n) is 10.5. The molecule has 0 radical (unpaired) electrons. The molecule has 45 heavy (non-hydrogen) atoms.